The number of carbonyl (C=O) groups excluding carboxylic acids is 1. The maximum Gasteiger partial charge on any atom is 0.317 e. The zero-order chi connectivity index (χ0) is 18.5. The number of nitrogens with one attached hydrogen (secondary N) is 1. The Balaban J connectivity index is 1.76. The fourth-order valence-electron chi connectivity index (χ4n) is 2.93. The molecular weight excluding hydrogens is 322 g/mol. The standard InChI is InChI=1S/C22H31N3O/c1-2-3-7-18-25(19-14-20-9-5-4-6-10-20)22(26)24-15-8-11-21-12-16-23-17-13-21/h4-6,9-10,12-13,16-17H,2-3,7-8,11,14-15,18-19H2,1H3,(H,24,26). The molecule has 0 aliphatic heterocycles. The van der Waals surface area contributed by atoms with Crippen molar-refractivity contribution in [1.29, 1.82) is 0 Å². The first-order valence-corrected chi connectivity index (χ1v) is 9.75. The van der Waals surface area contributed by atoms with E-state index >= 15 is 0 Å². The van der Waals surface area contributed by atoms with Crippen LogP contribution in [0.15, 0.2) is 54.9 Å². The van der Waals surface area contributed by atoms with E-state index in [1.54, 1.807) is 0 Å². The van der Waals surface area contributed by atoms with Crippen molar-refractivity contribution in [3.8, 4) is 0 Å². The largest absolute Gasteiger partial charge is 0.338 e. The van der Waals surface area contributed by atoms with E-state index in [0.29, 0.717) is 6.54 Å². The summed E-state index contributed by atoms with van der Waals surface area (Å²) in [5.74, 6) is 0. The van der Waals surface area contributed by atoms with Gasteiger partial charge in [-0.05, 0) is 48.9 Å². The Bertz CT molecular complexity index is 616. The summed E-state index contributed by atoms with van der Waals surface area (Å²) in [5, 5.41) is 3.09. The molecule has 0 saturated heterocycles. The highest BCUT2D eigenvalue weighted by Crippen LogP contribution is 2.05. The van der Waals surface area contributed by atoms with E-state index in [2.05, 4.69) is 41.5 Å². The minimum absolute atomic E-state index is 0.0618. The van der Waals surface area contributed by atoms with Gasteiger partial charge in [0.1, 0.15) is 0 Å². The van der Waals surface area contributed by atoms with Crippen molar-refractivity contribution in [2.75, 3.05) is 19.6 Å². The number of hydrogen-bond acceptors (Lipinski definition) is 2. The number of rotatable bonds is 11. The molecule has 0 radical (unpaired) electrons. The summed E-state index contributed by atoms with van der Waals surface area (Å²) in [5.41, 5.74) is 2.54. The Hall–Kier alpha value is -2.36. The van der Waals surface area contributed by atoms with Crippen LogP contribution in [-0.2, 0) is 12.8 Å². The van der Waals surface area contributed by atoms with Crippen molar-refractivity contribution in [3.05, 3.63) is 66.0 Å². The van der Waals surface area contributed by atoms with Gasteiger partial charge in [-0.25, -0.2) is 4.79 Å². The van der Waals surface area contributed by atoms with Crippen LogP contribution >= 0.6 is 0 Å². The molecule has 0 fully saturated rings. The maximum atomic E-state index is 12.6. The summed E-state index contributed by atoms with van der Waals surface area (Å²) in [6, 6.07) is 14.5. The normalized spacial score (nSPS) is 10.5. The SMILES string of the molecule is CCCCCN(CCc1ccccc1)C(=O)NCCCc1ccncc1. The van der Waals surface area contributed by atoms with Crippen LogP contribution in [-0.4, -0.2) is 35.5 Å². The zero-order valence-corrected chi connectivity index (χ0v) is 15.9. The monoisotopic (exact) mass is 353 g/mol. The molecule has 4 nitrogen and oxygen atoms in total. The van der Waals surface area contributed by atoms with Gasteiger partial charge in [0.2, 0.25) is 0 Å². The summed E-state index contributed by atoms with van der Waals surface area (Å²) in [6.07, 6.45) is 9.82. The Morgan fingerprint density at radius 2 is 1.65 bits per heavy atom. The Morgan fingerprint density at radius 1 is 0.923 bits per heavy atom. The second kappa shape index (κ2) is 12.1. The highest BCUT2D eigenvalue weighted by molar-refractivity contribution is 5.74. The molecule has 0 saturated carbocycles. The molecule has 2 aromatic rings. The van der Waals surface area contributed by atoms with Gasteiger partial charge in [-0.3, -0.25) is 4.98 Å². The van der Waals surface area contributed by atoms with Crippen molar-refractivity contribution < 1.29 is 4.79 Å². The van der Waals surface area contributed by atoms with Gasteiger partial charge in [0.05, 0.1) is 0 Å². The first-order chi connectivity index (χ1) is 12.8. The third-order valence-corrected chi connectivity index (χ3v) is 4.50. The highest BCUT2D eigenvalue weighted by Gasteiger charge is 2.12. The molecule has 4 heteroatoms. The van der Waals surface area contributed by atoms with Gasteiger partial charge in [-0.1, -0.05) is 50.1 Å². The number of nitrogens with zero attached hydrogens (tertiary/aromatic N) is 2. The lowest BCUT2D eigenvalue weighted by Gasteiger charge is -2.23. The lowest BCUT2D eigenvalue weighted by Crippen LogP contribution is -2.42. The predicted molar refractivity (Wildman–Crippen MR) is 107 cm³/mol. The van der Waals surface area contributed by atoms with Gasteiger partial charge in [-0.2, -0.15) is 0 Å². The molecule has 0 aliphatic carbocycles. The van der Waals surface area contributed by atoms with Crippen LogP contribution in [0.3, 0.4) is 0 Å². The number of urea groups is 1. The van der Waals surface area contributed by atoms with Crippen LogP contribution in [0.2, 0.25) is 0 Å². The first-order valence-electron chi connectivity index (χ1n) is 9.75. The molecule has 26 heavy (non-hydrogen) atoms. The minimum Gasteiger partial charge on any atom is -0.338 e. The Morgan fingerprint density at radius 3 is 2.38 bits per heavy atom. The lowest BCUT2D eigenvalue weighted by atomic mass is 10.1. The molecule has 1 aromatic carbocycles. The van der Waals surface area contributed by atoms with E-state index in [0.717, 1.165) is 45.2 Å². The quantitative estimate of drug-likeness (QED) is 0.606. The van der Waals surface area contributed by atoms with Crippen LogP contribution in [0.1, 0.15) is 43.7 Å². The van der Waals surface area contributed by atoms with Crippen LogP contribution in [0.25, 0.3) is 0 Å². The highest BCUT2D eigenvalue weighted by atomic mass is 16.2. The Labute approximate surface area is 157 Å². The average Bonchev–Trinajstić information content (AvgIpc) is 2.69. The summed E-state index contributed by atoms with van der Waals surface area (Å²) < 4.78 is 0. The lowest BCUT2D eigenvalue weighted by molar-refractivity contribution is 0.197. The van der Waals surface area contributed by atoms with E-state index in [4.69, 9.17) is 0 Å². The maximum absolute atomic E-state index is 12.6. The van der Waals surface area contributed by atoms with Crippen molar-refractivity contribution in [2.45, 2.75) is 45.4 Å². The van der Waals surface area contributed by atoms with E-state index in [1.807, 2.05) is 35.5 Å². The van der Waals surface area contributed by atoms with Gasteiger partial charge in [-0.15, -0.1) is 0 Å². The fourth-order valence-corrected chi connectivity index (χ4v) is 2.93. The smallest absolute Gasteiger partial charge is 0.317 e. The van der Waals surface area contributed by atoms with Gasteiger partial charge in [0.25, 0.3) is 0 Å². The van der Waals surface area contributed by atoms with Gasteiger partial charge in [0.15, 0.2) is 0 Å². The third kappa shape index (κ3) is 7.68. The molecule has 0 atom stereocenters. The molecule has 0 unspecified atom stereocenters. The number of unbranched alkanes of at least 4 members (excludes halogenated alkanes) is 2. The predicted octanol–water partition coefficient (Wildman–Crippen LogP) is 4.46. The number of carbonyl (C=O) groups is 1. The summed E-state index contributed by atoms with van der Waals surface area (Å²) >= 11 is 0. The van der Waals surface area contributed by atoms with Crippen LogP contribution in [0.5, 0.6) is 0 Å². The molecule has 1 aromatic heterocycles. The number of aromatic nitrogens is 1. The summed E-state index contributed by atoms with van der Waals surface area (Å²) in [6.45, 7) is 4.49. The van der Waals surface area contributed by atoms with Crippen LogP contribution in [0.4, 0.5) is 4.79 Å². The molecule has 0 aliphatic rings. The molecule has 140 valence electrons. The van der Waals surface area contributed by atoms with Gasteiger partial charge in [0, 0.05) is 32.0 Å². The van der Waals surface area contributed by atoms with Crippen molar-refractivity contribution in [2.24, 2.45) is 0 Å². The van der Waals surface area contributed by atoms with Gasteiger partial charge >= 0.3 is 6.03 Å². The molecule has 1 heterocycles. The Kier molecular flexibility index (Phi) is 9.26. The van der Waals surface area contributed by atoms with Crippen molar-refractivity contribution >= 4 is 6.03 Å². The van der Waals surface area contributed by atoms with E-state index in [9.17, 15) is 4.79 Å². The van der Waals surface area contributed by atoms with Crippen molar-refractivity contribution in [1.82, 2.24) is 15.2 Å². The molecular formula is C22H31N3O. The fraction of sp³-hybridized carbons (Fsp3) is 0.455. The molecule has 0 spiro atoms. The number of pyridine rings is 1. The van der Waals surface area contributed by atoms with E-state index < -0.39 is 0 Å². The second-order valence-electron chi connectivity index (χ2n) is 6.62. The molecule has 2 amide bonds. The zero-order valence-electron chi connectivity index (χ0n) is 15.9. The summed E-state index contributed by atoms with van der Waals surface area (Å²) in [4.78, 5) is 18.6. The first kappa shape index (κ1) is 20.0. The van der Waals surface area contributed by atoms with E-state index in [-0.39, 0.29) is 6.03 Å². The number of amides is 2. The number of aryl methyl sites for hydroxylation is 1. The van der Waals surface area contributed by atoms with Crippen LogP contribution in [0, 0.1) is 0 Å². The minimum atomic E-state index is 0.0618. The second-order valence-corrected chi connectivity index (χ2v) is 6.62. The topological polar surface area (TPSA) is 45.2 Å². The van der Waals surface area contributed by atoms with Crippen molar-refractivity contribution in [3.63, 3.8) is 0 Å². The van der Waals surface area contributed by atoms with Gasteiger partial charge < -0.3 is 10.2 Å². The molecule has 2 rings (SSSR count). The number of hydrogen-bond donors (Lipinski definition) is 1. The molecule has 0 bridgehead atoms. The third-order valence-electron chi connectivity index (χ3n) is 4.50. The number of benzene rings is 1. The summed E-state index contributed by atoms with van der Waals surface area (Å²) in [7, 11) is 0. The molecule has 1 N–H and O–H groups in total. The van der Waals surface area contributed by atoms with E-state index in [1.165, 1.54) is 17.5 Å². The van der Waals surface area contributed by atoms with Crippen LogP contribution < -0.4 is 5.32 Å². The average molecular weight is 354 g/mol.